The molecule has 17 heavy (non-hydrogen) atoms. The quantitative estimate of drug-likeness (QED) is 0.551. The third-order valence-corrected chi connectivity index (χ3v) is 4.46. The molecule has 0 amide bonds. The highest BCUT2D eigenvalue weighted by atomic mass is 31.2. The summed E-state index contributed by atoms with van der Waals surface area (Å²) >= 11 is 0. The minimum atomic E-state index is -3.12. The van der Waals surface area contributed by atoms with Crippen LogP contribution in [0.1, 0.15) is 32.3 Å². The molecule has 1 aromatic rings. The largest absolute Gasteiger partial charge is 0.361 e. The van der Waals surface area contributed by atoms with E-state index in [0.29, 0.717) is 18.5 Å². The Hall–Kier alpha value is -0.630. The van der Waals surface area contributed by atoms with Gasteiger partial charge in [0.05, 0.1) is 18.5 Å². The fourth-order valence-corrected chi connectivity index (χ4v) is 3.01. The Kier molecular flexibility index (Phi) is 5.90. The lowest BCUT2D eigenvalue weighted by Gasteiger charge is -2.18. The van der Waals surface area contributed by atoms with Gasteiger partial charge in [-0.2, -0.15) is 0 Å². The molecule has 0 radical (unpaired) electrons. The maximum Gasteiger partial charge on any atom is 0.361 e. The van der Waals surface area contributed by atoms with Crippen molar-refractivity contribution < 1.29 is 13.6 Å². The van der Waals surface area contributed by atoms with Crippen molar-refractivity contribution in [2.24, 2.45) is 0 Å². The first kappa shape index (κ1) is 14.4. The highest BCUT2D eigenvalue weighted by Gasteiger charge is 2.26. The Morgan fingerprint density at radius 3 is 2.29 bits per heavy atom. The van der Waals surface area contributed by atoms with E-state index >= 15 is 0 Å². The van der Waals surface area contributed by atoms with Crippen molar-refractivity contribution in [1.29, 1.82) is 0 Å². The number of hydrogen-bond donors (Lipinski definition) is 0. The Morgan fingerprint density at radius 1 is 1.12 bits per heavy atom. The number of rotatable bonds is 7. The number of aryl methyl sites for hydroxylation is 1. The lowest BCUT2D eigenvalue weighted by Crippen LogP contribution is -2.11. The SMILES string of the molecule is CCCCOP(=O)(OCC)c1ccc(C)cc1. The van der Waals surface area contributed by atoms with Gasteiger partial charge in [0.15, 0.2) is 0 Å². The molecular weight excluding hydrogens is 235 g/mol. The van der Waals surface area contributed by atoms with E-state index in [2.05, 4.69) is 6.92 Å². The molecule has 1 unspecified atom stereocenters. The van der Waals surface area contributed by atoms with Crippen molar-refractivity contribution in [3.63, 3.8) is 0 Å². The second kappa shape index (κ2) is 6.95. The van der Waals surface area contributed by atoms with Gasteiger partial charge in [0.25, 0.3) is 0 Å². The predicted octanol–water partition coefficient (Wildman–Crippen LogP) is 3.67. The molecule has 4 heteroatoms. The number of benzene rings is 1. The average Bonchev–Trinajstić information content (AvgIpc) is 2.30. The summed E-state index contributed by atoms with van der Waals surface area (Å²) in [5, 5.41) is 0.640. The first-order valence-corrected chi connectivity index (χ1v) is 7.63. The van der Waals surface area contributed by atoms with Gasteiger partial charge in [-0.05, 0) is 32.4 Å². The molecule has 0 N–H and O–H groups in total. The predicted molar refractivity (Wildman–Crippen MR) is 70.9 cm³/mol. The van der Waals surface area contributed by atoms with Gasteiger partial charge in [0, 0.05) is 0 Å². The van der Waals surface area contributed by atoms with Crippen molar-refractivity contribution >= 4 is 12.9 Å². The Morgan fingerprint density at radius 2 is 1.76 bits per heavy atom. The zero-order valence-corrected chi connectivity index (χ0v) is 11.7. The van der Waals surface area contributed by atoms with Crippen molar-refractivity contribution in [3.05, 3.63) is 29.8 Å². The van der Waals surface area contributed by atoms with E-state index in [0.717, 1.165) is 18.4 Å². The molecule has 3 nitrogen and oxygen atoms in total. The summed E-state index contributed by atoms with van der Waals surface area (Å²) in [5.41, 5.74) is 1.13. The third kappa shape index (κ3) is 4.27. The lowest BCUT2D eigenvalue weighted by atomic mass is 10.2. The van der Waals surface area contributed by atoms with Crippen LogP contribution in [-0.4, -0.2) is 13.2 Å². The van der Waals surface area contributed by atoms with E-state index in [1.807, 2.05) is 38.1 Å². The smallest absolute Gasteiger partial charge is 0.305 e. The first-order valence-electron chi connectivity index (χ1n) is 6.08. The van der Waals surface area contributed by atoms with E-state index in [-0.39, 0.29) is 0 Å². The third-order valence-electron chi connectivity index (χ3n) is 2.41. The van der Waals surface area contributed by atoms with E-state index in [9.17, 15) is 4.57 Å². The number of hydrogen-bond acceptors (Lipinski definition) is 3. The van der Waals surface area contributed by atoms with Crippen molar-refractivity contribution in [1.82, 2.24) is 0 Å². The molecule has 0 saturated heterocycles. The summed E-state index contributed by atoms with van der Waals surface area (Å²) in [4.78, 5) is 0. The van der Waals surface area contributed by atoms with Crippen LogP contribution in [0, 0.1) is 6.92 Å². The van der Waals surface area contributed by atoms with Crippen LogP contribution in [0.2, 0.25) is 0 Å². The Bertz CT molecular complexity index is 373. The normalized spacial score (nSPS) is 14.5. The molecule has 0 bridgehead atoms. The summed E-state index contributed by atoms with van der Waals surface area (Å²) < 4.78 is 23.4. The molecule has 0 aliphatic rings. The second-order valence-corrected chi connectivity index (χ2v) is 5.97. The van der Waals surface area contributed by atoms with E-state index < -0.39 is 7.60 Å². The summed E-state index contributed by atoms with van der Waals surface area (Å²) in [7, 11) is -3.12. The van der Waals surface area contributed by atoms with Gasteiger partial charge in [-0.25, -0.2) is 0 Å². The lowest BCUT2D eigenvalue weighted by molar-refractivity contribution is 0.218. The molecule has 0 fully saturated rings. The second-order valence-electron chi connectivity index (χ2n) is 3.94. The van der Waals surface area contributed by atoms with Crippen LogP contribution < -0.4 is 5.30 Å². The van der Waals surface area contributed by atoms with E-state index in [1.54, 1.807) is 0 Å². The zero-order valence-electron chi connectivity index (χ0n) is 10.8. The monoisotopic (exact) mass is 256 g/mol. The molecular formula is C13H21O3P. The first-order chi connectivity index (χ1) is 8.12. The molecule has 0 aliphatic heterocycles. The Balaban J connectivity index is 2.82. The molecule has 1 aromatic carbocycles. The minimum Gasteiger partial charge on any atom is -0.305 e. The average molecular weight is 256 g/mol. The van der Waals surface area contributed by atoms with Crippen molar-refractivity contribution in [2.75, 3.05) is 13.2 Å². The summed E-state index contributed by atoms with van der Waals surface area (Å²) in [5.74, 6) is 0. The fourth-order valence-electron chi connectivity index (χ4n) is 1.41. The van der Waals surface area contributed by atoms with Crippen LogP contribution in [0.4, 0.5) is 0 Å². The zero-order chi connectivity index (χ0) is 12.7. The molecule has 0 aromatic heterocycles. The van der Waals surface area contributed by atoms with Crippen LogP contribution >= 0.6 is 7.60 Å². The maximum atomic E-state index is 12.6. The van der Waals surface area contributed by atoms with Gasteiger partial charge in [0.1, 0.15) is 0 Å². The number of unbranched alkanes of at least 4 members (excludes halogenated alkanes) is 1. The molecule has 0 saturated carbocycles. The van der Waals surface area contributed by atoms with Gasteiger partial charge in [-0.1, -0.05) is 31.0 Å². The van der Waals surface area contributed by atoms with Crippen molar-refractivity contribution in [2.45, 2.75) is 33.6 Å². The topological polar surface area (TPSA) is 35.5 Å². The molecule has 0 heterocycles. The minimum absolute atomic E-state index is 0.386. The maximum absolute atomic E-state index is 12.6. The van der Waals surface area contributed by atoms with E-state index in [1.165, 1.54) is 0 Å². The van der Waals surface area contributed by atoms with Crippen LogP contribution in [-0.2, 0) is 13.6 Å². The molecule has 0 aliphatic carbocycles. The van der Waals surface area contributed by atoms with E-state index in [4.69, 9.17) is 9.05 Å². The van der Waals surface area contributed by atoms with Gasteiger partial charge in [0.2, 0.25) is 0 Å². The van der Waals surface area contributed by atoms with Crippen molar-refractivity contribution in [3.8, 4) is 0 Å². The molecule has 96 valence electrons. The summed E-state index contributed by atoms with van der Waals surface area (Å²) in [6, 6.07) is 7.48. The van der Waals surface area contributed by atoms with Gasteiger partial charge < -0.3 is 9.05 Å². The van der Waals surface area contributed by atoms with Crippen LogP contribution in [0.15, 0.2) is 24.3 Å². The Labute approximate surface area is 104 Å². The van der Waals surface area contributed by atoms with Crippen LogP contribution in [0.5, 0.6) is 0 Å². The highest BCUT2D eigenvalue weighted by molar-refractivity contribution is 7.62. The van der Waals surface area contributed by atoms with Crippen LogP contribution in [0.3, 0.4) is 0 Å². The highest BCUT2D eigenvalue weighted by Crippen LogP contribution is 2.46. The molecule has 1 atom stereocenters. The fraction of sp³-hybridized carbons (Fsp3) is 0.538. The van der Waals surface area contributed by atoms with Gasteiger partial charge >= 0.3 is 7.60 Å². The van der Waals surface area contributed by atoms with Gasteiger partial charge in [-0.3, -0.25) is 4.57 Å². The summed E-state index contributed by atoms with van der Waals surface area (Å²) in [6.45, 7) is 6.75. The standard InChI is InChI=1S/C13H21O3P/c1-4-6-11-16-17(14,15-5-2)13-9-7-12(3)8-10-13/h7-10H,4-6,11H2,1-3H3. The molecule has 0 spiro atoms. The summed E-state index contributed by atoms with van der Waals surface area (Å²) in [6.07, 6.45) is 1.91. The molecule has 1 rings (SSSR count). The van der Waals surface area contributed by atoms with Crippen LogP contribution in [0.25, 0.3) is 0 Å². The van der Waals surface area contributed by atoms with Gasteiger partial charge in [-0.15, -0.1) is 0 Å².